The molecule has 0 aliphatic rings. The Hall–Kier alpha value is -1.58. The normalized spacial score (nSPS) is 9.20. The minimum absolute atomic E-state index is 0.0435. The maximum atomic E-state index is 11.0. The monoisotopic (exact) mass is 210 g/mol. The summed E-state index contributed by atoms with van der Waals surface area (Å²) in [6, 6.07) is 0. The zero-order chi connectivity index (χ0) is 11.8. The molecule has 0 aromatic rings. The lowest BCUT2D eigenvalue weighted by Gasteiger charge is -2.19. The molecule has 0 radical (unpaired) electrons. The van der Waals surface area contributed by atoms with Crippen molar-refractivity contribution in [2.24, 2.45) is 0 Å². The van der Waals surface area contributed by atoms with E-state index in [1.54, 1.807) is 0 Å². The Morgan fingerprint density at radius 1 is 1.00 bits per heavy atom. The van der Waals surface area contributed by atoms with Crippen molar-refractivity contribution < 1.29 is 9.59 Å². The van der Waals surface area contributed by atoms with Gasteiger partial charge in [-0.15, -0.1) is 0 Å². The quantitative estimate of drug-likeness (QED) is 0.664. The third-order valence-electron chi connectivity index (χ3n) is 2.05. The molecular formula is C11H18N2O2. The fourth-order valence-corrected chi connectivity index (χ4v) is 1.17. The van der Waals surface area contributed by atoms with Crippen LogP contribution in [0.2, 0.25) is 0 Å². The lowest BCUT2D eigenvalue weighted by Crippen LogP contribution is -2.29. The zero-order valence-corrected chi connectivity index (χ0v) is 9.40. The molecule has 4 nitrogen and oxygen atoms in total. The van der Waals surface area contributed by atoms with Crippen molar-refractivity contribution in [2.45, 2.75) is 20.3 Å². The van der Waals surface area contributed by atoms with Crippen LogP contribution < -0.4 is 0 Å². The van der Waals surface area contributed by atoms with E-state index in [1.807, 2.05) is 0 Å². The Morgan fingerprint density at radius 2 is 1.33 bits per heavy atom. The molecule has 15 heavy (non-hydrogen) atoms. The second kappa shape index (κ2) is 6.81. The molecule has 0 N–H and O–H groups in total. The summed E-state index contributed by atoms with van der Waals surface area (Å²) in [4.78, 5) is 25.0. The van der Waals surface area contributed by atoms with E-state index >= 15 is 0 Å². The number of hydrogen-bond acceptors (Lipinski definition) is 2. The summed E-state index contributed by atoms with van der Waals surface area (Å²) in [6.07, 6.45) is 3.69. The van der Waals surface area contributed by atoms with Crippen LogP contribution in [-0.2, 0) is 9.59 Å². The van der Waals surface area contributed by atoms with Crippen molar-refractivity contribution in [1.29, 1.82) is 0 Å². The van der Waals surface area contributed by atoms with Crippen molar-refractivity contribution in [2.75, 3.05) is 13.1 Å². The third-order valence-corrected chi connectivity index (χ3v) is 2.05. The van der Waals surface area contributed by atoms with Crippen molar-refractivity contribution in [1.82, 2.24) is 9.80 Å². The Balaban J connectivity index is 3.95. The van der Waals surface area contributed by atoms with Crippen LogP contribution in [0.3, 0.4) is 0 Å². The maximum absolute atomic E-state index is 11.0. The van der Waals surface area contributed by atoms with Gasteiger partial charge in [0.25, 0.3) is 0 Å². The number of carbonyl (C=O) groups excluding carboxylic acids is 2. The SMILES string of the molecule is C=CN(CCCN(C=C)C(C)=O)C(C)=O. The molecule has 0 saturated heterocycles. The molecule has 0 spiro atoms. The predicted molar refractivity (Wildman–Crippen MR) is 59.8 cm³/mol. The van der Waals surface area contributed by atoms with Crippen LogP contribution in [0.5, 0.6) is 0 Å². The highest BCUT2D eigenvalue weighted by Crippen LogP contribution is 1.97. The standard InChI is InChI=1S/C11H18N2O2/c1-5-12(10(3)14)8-7-9-13(6-2)11(4)15/h5-6H,1-2,7-9H2,3-4H3. The molecule has 0 atom stereocenters. The van der Waals surface area contributed by atoms with Crippen LogP contribution in [0.25, 0.3) is 0 Å². The van der Waals surface area contributed by atoms with Crippen molar-refractivity contribution in [3.05, 3.63) is 25.6 Å². The van der Waals surface area contributed by atoms with Gasteiger partial charge in [0.05, 0.1) is 0 Å². The summed E-state index contributed by atoms with van der Waals surface area (Å²) in [6.45, 7) is 11.2. The Kier molecular flexibility index (Phi) is 6.09. The highest BCUT2D eigenvalue weighted by atomic mass is 16.2. The summed E-state index contributed by atoms with van der Waals surface area (Å²) in [5, 5.41) is 0. The fraction of sp³-hybridized carbons (Fsp3) is 0.455. The maximum Gasteiger partial charge on any atom is 0.223 e. The van der Waals surface area contributed by atoms with Crippen LogP contribution in [-0.4, -0.2) is 34.7 Å². The minimum atomic E-state index is -0.0435. The van der Waals surface area contributed by atoms with Gasteiger partial charge in [-0.05, 0) is 18.8 Å². The molecule has 4 heteroatoms. The van der Waals surface area contributed by atoms with E-state index in [0.717, 1.165) is 0 Å². The average molecular weight is 210 g/mol. The van der Waals surface area contributed by atoms with Crippen LogP contribution >= 0.6 is 0 Å². The number of hydrogen-bond donors (Lipinski definition) is 0. The highest BCUT2D eigenvalue weighted by molar-refractivity contribution is 5.74. The van der Waals surface area contributed by atoms with Crippen LogP contribution in [0, 0.1) is 0 Å². The first-order valence-corrected chi connectivity index (χ1v) is 4.82. The van der Waals surface area contributed by atoms with E-state index in [9.17, 15) is 9.59 Å². The predicted octanol–water partition coefficient (Wildman–Crippen LogP) is 1.36. The molecule has 0 unspecified atom stereocenters. The molecule has 0 aromatic carbocycles. The Bertz CT molecular complexity index is 235. The van der Waals surface area contributed by atoms with Crippen LogP contribution in [0.15, 0.2) is 25.6 Å². The van der Waals surface area contributed by atoms with E-state index in [4.69, 9.17) is 0 Å². The fourth-order valence-electron chi connectivity index (χ4n) is 1.17. The van der Waals surface area contributed by atoms with Crippen LogP contribution in [0.1, 0.15) is 20.3 Å². The second-order valence-electron chi connectivity index (χ2n) is 3.14. The van der Waals surface area contributed by atoms with Gasteiger partial charge >= 0.3 is 0 Å². The summed E-state index contributed by atoms with van der Waals surface area (Å²) in [5.41, 5.74) is 0. The van der Waals surface area contributed by atoms with Gasteiger partial charge in [0.1, 0.15) is 0 Å². The van der Waals surface area contributed by atoms with Gasteiger partial charge in [0.2, 0.25) is 11.8 Å². The van der Waals surface area contributed by atoms with E-state index in [2.05, 4.69) is 13.2 Å². The summed E-state index contributed by atoms with van der Waals surface area (Å²) < 4.78 is 0. The summed E-state index contributed by atoms with van der Waals surface area (Å²) in [5.74, 6) is -0.0871. The van der Waals surface area contributed by atoms with Gasteiger partial charge in [-0.2, -0.15) is 0 Å². The smallest absolute Gasteiger partial charge is 0.223 e. The second-order valence-corrected chi connectivity index (χ2v) is 3.14. The molecule has 0 saturated carbocycles. The number of amides is 2. The molecular weight excluding hydrogens is 192 g/mol. The molecule has 0 aromatic heterocycles. The van der Waals surface area contributed by atoms with Gasteiger partial charge in [-0.3, -0.25) is 9.59 Å². The first-order chi connectivity index (χ1) is 7.02. The molecule has 0 aliphatic heterocycles. The van der Waals surface area contributed by atoms with Gasteiger partial charge in [-0.1, -0.05) is 13.2 Å². The van der Waals surface area contributed by atoms with Gasteiger partial charge in [0.15, 0.2) is 0 Å². The molecule has 0 heterocycles. The van der Waals surface area contributed by atoms with Gasteiger partial charge in [0, 0.05) is 26.9 Å². The van der Waals surface area contributed by atoms with E-state index in [1.165, 1.54) is 36.0 Å². The number of rotatable bonds is 6. The molecule has 0 fully saturated rings. The molecule has 2 amide bonds. The molecule has 0 bridgehead atoms. The van der Waals surface area contributed by atoms with E-state index in [0.29, 0.717) is 19.5 Å². The number of nitrogens with zero attached hydrogens (tertiary/aromatic N) is 2. The Labute approximate surface area is 90.9 Å². The molecule has 0 rings (SSSR count). The topological polar surface area (TPSA) is 40.6 Å². The minimum Gasteiger partial charge on any atom is -0.320 e. The van der Waals surface area contributed by atoms with Crippen molar-refractivity contribution in [3.8, 4) is 0 Å². The molecule has 84 valence electrons. The van der Waals surface area contributed by atoms with Gasteiger partial charge < -0.3 is 9.80 Å². The van der Waals surface area contributed by atoms with Gasteiger partial charge in [-0.25, -0.2) is 0 Å². The summed E-state index contributed by atoms with van der Waals surface area (Å²) in [7, 11) is 0. The lowest BCUT2D eigenvalue weighted by atomic mass is 10.3. The third kappa shape index (κ3) is 5.00. The summed E-state index contributed by atoms with van der Waals surface area (Å²) >= 11 is 0. The van der Waals surface area contributed by atoms with Crippen LogP contribution in [0.4, 0.5) is 0 Å². The molecule has 0 aliphatic carbocycles. The number of carbonyl (C=O) groups is 2. The average Bonchev–Trinajstić information content (AvgIpc) is 2.17. The highest BCUT2D eigenvalue weighted by Gasteiger charge is 2.06. The van der Waals surface area contributed by atoms with Crippen molar-refractivity contribution in [3.63, 3.8) is 0 Å². The largest absolute Gasteiger partial charge is 0.320 e. The lowest BCUT2D eigenvalue weighted by molar-refractivity contribution is -0.126. The zero-order valence-electron chi connectivity index (χ0n) is 9.40. The first kappa shape index (κ1) is 13.4. The van der Waals surface area contributed by atoms with Crippen molar-refractivity contribution >= 4 is 11.8 Å². The first-order valence-electron chi connectivity index (χ1n) is 4.82. The Morgan fingerprint density at radius 3 is 1.53 bits per heavy atom. The van der Waals surface area contributed by atoms with E-state index in [-0.39, 0.29) is 11.8 Å². The van der Waals surface area contributed by atoms with E-state index < -0.39 is 0 Å².